The van der Waals surface area contributed by atoms with Crippen molar-refractivity contribution in [1.82, 2.24) is 0 Å². The van der Waals surface area contributed by atoms with Crippen molar-refractivity contribution in [1.29, 1.82) is 0 Å². The number of hydrogen-bond donors (Lipinski definition) is 4. The molecular formula is C2H6LiNaO6. The molecule has 0 saturated carbocycles. The molecule has 0 aromatic rings. The molecule has 0 aromatic heterocycles. The molecule has 4 N–H and O–H groups in total. The zero-order valence-corrected chi connectivity index (χ0v) is 7.61. The Labute approximate surface area is 93.3 Å². The molecule has 0 amide bonds. The van der Waals surface area contributed by atoms with Gasteiger partial charge in [0.2, 0.25) is 0 Å². The Kier molecular flexibility index (Phi) is 36.1. The van der Waals surface area contributed by atoms with E-state index in [1.54, 1.807) is 0 Å². The van der Waals surface area contributed by atoms with Crippen LogP contribution in [0.2, 0.25) is 0 Å². The summed E-state index contributed by atoms with van der Waals surface area (Å²) >= 11 is 0. The van der Waals surface area contributed by atoms with Crippen molar-refractivity contribution in [3.8, 4) is 0 Å². The third-order valence-electron chi connectivity index (χ3n) is 0. The summed E-state index contributed by atoms with van der Waals surface area (Å²) in [6.07, 6.45) is -3.67. The van der Waals surface area contributed by atoms with Crippen molar-refractivity contribution in [3.05, 3.63) is 0 Å². The van der Waals surface area contributed by atoms with E-state index in [1.807, 2.05) is 0 Å². The molecule has 0 atom stereocenters. The van der Waals surface area contributed by atoms with Gasteiger partial charge in [0, 0.05) is 0 Å². The molecule has 0 spiro atoms. The Morgan fingerprint density at radius 2 is 0.900 bits per heavy atom. The predicted octanol–water partition coefficient (Wildman–Crippen LogP) is -5.32. The van der Waals surface area contributed by atoms with Gasteiger partial charge < -0.3 is 23.3 Å². The molecule has 6 nitrogen and oxygen atoms in total. The summed E-state index contributed by atoms with van der Waals surface area (Å²) in [5.41, 5.74) is 0. The summed E-state index contributed by atoms with van der Waals surface area (Å²) in [5, 5.41) is 27.9. The summed E-state index contributed by atoms with van der Waals surface area (Å²) in [5.74, 6) is 0. The van der Waals surface area contributed by atoms with Crippen LogP contribution in [0.5, 0.6) is 0 Å². The Balaban J connectivity index is -0.0000000112. The monoisotopic (exact) mass is 156 g/mol. The SMILES string of the molecule is O=C(O)O.O=C(O)O.[H-].[H-].[Li+].[Na+]. The molecule has 0 rings (SSSR count). The molecule has 10 heavy (non-hydrogen) atoms. The normalized spacial score (nSPS) is 4.80. The first kappa shape index (κ1) is 22.5. The summed E-state index contributed by atoms with van der Waals surface area (Å²) < 4.78 is 0. The van der Waals surface area contributed by atoms with E-state index in [2.05, 4.69) is 0 Å². The van der Waals surface area contributed by atoms with Crippen LogP contribution in [0.4, 0.5) is 9.59 Å². The number of carbonyl (C=O) groups is 2. The maximum absolute atomic E-state index is 8.56. The Morgan fingerprint density at radius 1 is 0.900 bits per heavy atom. The molecule has 0 aromatic carbocycles. The zero-order chi connectivity index (χ0) is 7.15. The van der Waals surface area contributed by atoms with Gasteiger partial charge in [0.05, 0.1) is 0 Å². The number of carboxylic acid groups (broad SMARTS) is 4. The molecule has 0 aliphatic carbocycles. The van der Waals surface area contributed by atoms with Crippen LogP contribution in [0.3, 0.4) is 0 Å². The fraction of sp³-hybridized carbons (Fsp3) is 0. The van der Waals surface area contributed by atoms with E-state index in [1.165, 1.54) is 0 Å². The van der Waals surface area contributed by atoms with Crippen LogP contribution in [-0.2, 0) is 0 Å². The third-order valence-corrected chi connectivity index (χ3v) is 0. The molecule has 0 saturated heterocycles. The molecule has 8 heteroatoms. The van der Waals surface area contributed by atoms with Crippen LogP contribution >= 0.6 is 0 Å². The van der Waals surface area contributed by atoms with Gasteiger partial charge in [-0.15, -0.1) is 0 Å². The van der Waals surface area contributed by atoms with Gasteiger partial charge in [0.1, 0.15) is 0 Å². The fourth-order valence-corrected chi connectivity index (χ4v) is 0. The van der Waals surface area contributed by atoms with Gasteiger partial charge >= 0.3 is 60.7 Å². The standard InChI is InChI=1S/2CH2O3.Li.Na.2H/c2*2-1(3)4;;;;/h2*(H2,2,3,4);;;;/q;;2*+1;2*-1. The molecule has 0 radical (unpaired) electrons. The van der Waals surface area contributed by atoms with Crippen molar-refractivity contribution in [3.63, 3.8) is 0 Å². The first-order valence-electron chi connectivity index (χ1n) is 1.30. The summed E-state index contributed by atoms with van der Waals surface area (Å²) in [6, 6.07) is 0. The number of rotatable bonds is 0. The van der Waals surface area contributed by atoms with Crippen LogP contribution in [0.25, 0.3) is 0 Å². The maximum atomic E-state index is 8.56. The summed E-state index contributed by atoms with van der Waals surface area (Å²) in [4.78, 5) is 17.1. The predicted molar refractivity (Wildman–Crippen MR) is 23.5 cm³/mol. The minimum Gasteiger partial charge on any atom is -1.00 e. The first-order chi connectivity index (χ1) is 3.46. The second-order valence-corrected chi connectivity index (χ2v) is 0.565. The Bertz CT molecular complexity index is 81.5. The zero-order valence-electron chi connectivity index (χ0n) is 7.61. The Morgan fingerprint density at radius 3 is 0.900 bits per heavy atom. The van der Waals surface area contributed by atoms with Crippen LogP contribution in [-0.4, -0.2) is 32.7 Å². The van der Waals surface area contributed by atoms with Crippen LogP contribution in [0.1, 0.15) is 2.85 Å². The fourth-order valence-electron chi connectivity index (χ4n) is 0. The van der Waals surface area contributed by atoms with Crippen LogP contribution in [0.15, 0.2) is 0 Å². The second kappa shape index (κ2) is 16.1. The van der Waals surface area contributed by atoms with Gasteiger partial charge in [0.15, 0.2) is 0 Å². The van der Waals surface area contributed by atoms with E-state index in [4.69, 9.17) is 30.0 Å². The topological polar surface area (TPSA) is 115 Å². The van der Waals surface area contributed by atoms with E-state index in [0.29, 0.717) is 0 Å². The van der Waals surface area contributed by atoms with Crippen molar-refractivity contribution in [2.75, 3.05) is 0 Å². The van der Waals surface area contributed by atoms with Crippen LogP contribution in [0, 0.1) is 0 Å². The first-order valence-corrected chi connectivity index (χ1v) is 1.30. The van der Waals surface area contributed by atoms with Gasteiger partial charge in [-0.05, 0) is 0 Å². The average molecular weight is 156 g/mol. The molecule has 0 heterocycles. The maximum Gasteiger partial charge on any atom is 1.00 e. The Hall–Kier alpha value is 0.137. The van der Waals surface area contributed by atoms with Crippen molar-refractivity contribution < 1.29 is 81.3 Å². The molecule has 0 aliphatic heterocycles. The van der Waals surface area contributed by atoms with Gasteiger partial charge in [-0.25, -0.2) is 9.59 Å². The molecule has 52 valence electrons. The van der Waals surface area contributed by atoms with E-state index < -0.39 is 12.3 Å². The smallest absolute Gasteiger partial charge is 1.00 e. The minimum atomic E-state index is -1.83. The summed E-state index contributed by atoms with van der Waals surface area (Å²) in [6.45, 7) is 0. The third kappa shape index (κ3) is 22000. The van der Waals surface area contributed by atoms with Crippen molar-refractivity contribution in [2.24, 2.45) is 0 Å². The van der Waals surface area contributed by atoms with Gasteiger partial charge in [0.25, 0.3) is 0 Å². The van der Waals surface area contributed by atoms with E-state index in [9.17, 15) is 0 Å². The molecule has 0 bridgehead atoms. The summed E-state index contributed by atoms with van der Waals surface area (Å²) in [7, 11) is 0. The van der Waals surface area contributed by atoms with E-state index >= 15 is 0 Å². The average Bonchev–Trinajstić information content (AvgIpc) is 1.25. The second-order valence-electron chi connectivity index (χ2n) is 0.565. The molecule has 0 fully saturated rings. The molecular weight excluding hydrogens is 150 g/mol. The largest absolute Gasteiger partial charge is 1.00 e. The molecule has 0 unspecified atom stereocenters. The van der Waals surface area contributed by atoms with Gasteiger partial charge in [-0.1, -0.05) is 0 Å². The van der Waals surface area contributed by atoms with Crippen molar-refractivity contribution in [2.45, 2.75) is 0 Å². The van der Waals surface area contributed by atoms with Crippen LogP contribution < -0.4 is 48.4 Å². The number of hydrogen-bond acceptors (Lipinski definition) is 2. The van der Waals surface area contributed by atoms with E-state index in [0.717, 1.165) is 0 Å². The van der Waals surface area contributed by atoms with Gasteiger partial charge in [-0.2, -0.15) is 0 Å². The minimum absolute atomic E-state index is 0. The van der Waals surface area contributed by atoms with Crippen molar-refractivity contribution >= 4 is 12.3 Å². The van der Waals surface area contributed by atoms with Gasteiger partial charge in [-0.3, -0.25) is 0 Å². The quantitative estimate of drug-likeness (QED) is 0.260. The molecule has 0 aliphatic rings. The van der Waals surface area contributed by atoms with E-state index in [-0.39, 0.29) is 51.3 Å².